The van der Waals surface area contributed by atoms with E-state index >= 15 is 0 Å². The lowest BCUT2D eigenvalue weighted by atomic mass is 9.70. The predicted molar refractivity (Wildman–Crippen MR) is 93.1 cm³/mol. The molecule has 3 nitrogen and oxygen atoms in total. The van der Waals surface area contributed by atoms with E-state index in [0.717, 1.165) is 57.2 Å². The van der Waals surface area contributed by atoms with Crippen LogP contribution < -0.4 is 0 Å². The minimum Gasteiger partial charge on any atom is -0.379 e. The van der Waals surface area contributed by atoms with Crippen LogP contribution in [0, 0.1) is 11.8 Å². The molecule has 2 saturated carbocycles. The molecule has 2 rings (SSSR count). The van der Waals surface area contributed by atoms with E-state index in [9.17, 15) is 5.11 Å². The normalized spacial score (nSPS) is 29.2. The van der Waals surface area contributed by atoms with E-state index < -0.39 is 0 Å². The Hall–Kier alpha value is -0.120. The maximum Gasteiger partial charge on any atom is 0.0822 e. The number of hydrogen-bond donors (Lipinski definition) is 0. The summed E-state index contributed by atoms with van der Waals surface area (Å²) in [5.74, 6) is 1.93. The Kier molecular flexibility index (Phi) is 9.55. The Morgan fingerprint density at radius 3 is 2.52 bits per heavy atom. The van der Waals surface area contributed by atoms with Gasteiger partial charge >= 0.3 is 0 Å². The Labute approximate surface area is 143 Å². The number of rotatable bonds is 11. The summed E-state index contributed by atoms with van der Waals surface area (Å²) in [6, 6.07) is 0. The number of ether oxygens (including phenoxy) is 2. The van der Waals surface area contributed by atoms with Gasteiger partial charge in [0.2, 0.25) is 0 Å². The molecule has 2 aliphatic carbocycles. The molecule has 0 spiro atoms. The lowest BCUT2D eigenvalue weighted by Gasteiger charge is -2.40. The van der Waals surface area contributed by atoms with E-state index in [1.165, 1.54) is 44.9 Å². The van der Waals surface area contributed by atoms with Crippen molar-refractivity contribution in [3.63, 3.8) is 0 Å². The Morgan fingerprint density at radius 2 is 1.74 bits per heavy atom. The molecule has 0 aromatic rings. The van der Waals surface area contributed by atoms with E-state index in [-0.39, 0.29) is 12.7 Å². The molecule has 0 bridgehead atoms. The van der Waals surface area contributed by atoms with E-state index in [4.69, 9.17) is 9.47 Å². The van der Waals surface area contributed by atoms with Crippen molar-refractivity contribution >= 4 is 0 Å². The summed E-state index contributed by atoms with van der Waals surface area (Å²) in [6.07, 6.45) is 15.5. The van der Waals surface area contributed by atoms with Gasteiger partial charge in [0.15, 0.2) is 0 Å². The molecule has 1 radical (unpaired) electrons. The van der Waals surface area contributed by atoms with Crippen LogP contribution >= 0.6 is 0 Å². The lowest BCUT2D eigenvalue weighted by molar-refractivity contribution is -0.0869. The monoisotopic (exact) mass is 325 g/mol. The second-order valence-corrected chi connectivity index (χ2v) is 7.60. The van der Waals surface area contributed by atoms with Gasteiger partial charge in [0.25, 0.3) is 0 Å². The molecule has 0 N–H and O–H groups in total. The van der Waals surface area contributed by atoms with E-state index in [2.05, 4.69) is 6.92 Å². The van der Waals surface area contributed by atoms with Gasteiger partial charge in [-0.3, -0.25) is 0 Å². The highest BCUT2D eigenvalue weighted by atomic mass is 16.5. The van der Waals surface area contributed by atoms with Crippen LogP contribution in [0.5, 0.6) is 0 Å². The fourth-order valence-electron chi connectivity index (χ4n) is 4.35. The second kappa shape index (κ2) is 11.4. The lowest BCUT2D eigenvalue weighted by Crippen LogP contribution is -2.35. The first-order chi connectivity index (χ1) is 11.3. The average Bonchev–Trinajstić information content (AvgIpc) is 2.59. The Morgan fingerprint density at radius 1 is 0.957 bits per heavy atom. The quantitative estimate of drug-likeness (QED) is 0.493. The zero-order valence-corrected chi connectivity index (χ0v) is 15.1. The third-order valence-corrected chi connectivity index (χ3v) is 5.82. The van der Waals surface area contributed by atoms with Crippen molar-refractivity contribution in [3.05, 3.63) is 0 Å². The van der Waals surface area contributed by atoms with Gasteiger partial charge in [-0.05, 0) is 50.4 Å². The summed E-state index contributed by atoms with van der Waals surface area (Å²) in [5, 5.41) is 10.4. The second-order valence-electron chi connectivity index (χ2n) is 7.60. The first-order valence-corrected chi connectivity index (χ1v) is 10.1. The largest absolute Gasteiger partial charge is 0.379 e. The molecule has 0 amide bonds. The zero-order chi connectivity index (χ0) is 16.3. The highest BCUT2D eigenvalue weighted by molar-refractivity contribution is 4.84. The molecule has 0 aromatic carbocycles. The van der Waals surface area contributed by atoms with Crippen LogP contribution in [0.25, 0.3) is 0 Å². The van der Waals surface area contributed by atoms with E-state index in [1.807, 2.05) is 0 Å². The molecule has 0 aliphatic heterocycles. The van der Waals surface area contributed by atoms with Crippen LogP contribution in [0.1, 0.15) is 84.0 Å². The third kappa shape index (κ3) is 7.11. The van der Waals surface area contributed by atoms with Gasteiger partial charge in [0.1, 0.15) is 0 Å². The summed E-state index contributed by atoms with van der Waals surface area (Å²) in [7, 11) is 0. The Balaban J connectivity index is 1.57. The van der Waals surface area contributed by atoms with Crippen LogP contribution in [0.15, 0.2) is 0 Å². The van der Waals surface area contributed by atoms with E-state index in [1.54, 1.807) is 0 Å². The third-order valence-electron chi connectivity index (χ3n) is 5.82. The number of unbranched alkanes of at least 4 members (excludes halogenated alkanes) is 3. The summed E-state index contributed by atoms with van der Waals surface area (Å²) < 4.78 is 12.2. The predicted octanol–water partition coefficient (Wildman–Crippen LogP) is 5.15. The summed E-state index contributed by atoms with van der Waals surface area (Å²) in [4.78, 5) is 0. The molecule has 135 valence electrons. The average molecular weight is 326 g/mol. The molecular formula is C20H37O3. The molecule has 0 aromatic heterocycles. The highest BCUT2D eigenvalue weighted by Gasteiger charge is 2.33. The SMILES string of the molecule is CCC(COCCCCCC[O])OC1CCC2CCCCC2C1. The van der Waals surface area contributed by atoms with Crippen LogP contribution in [-0.4, -0.2) is 32.0 Å². The molecule has 2 aliphatic rings. The van der Waals surface area contributed by atoms with Crippen LogP contribution in [0.4, 0.5) is 0 Å². The van der Waals surface area contributed by atoms with Crippen LogP contribution in [0.2, 0.25) is 0 Å². The maximum atomic E-state index is 10.4. The molecular weight excluding hydrogens is 288 g/mol. The fraction of sp³-hybridized carbons (Fsp3) is 1.00. The van der Waals surface area contributed by atoms with Gasteiger partial charge in [-0.1, -0.05) is 45.4 Å². The van der Waals surface area contributed by atoms with Crippen molar-refractivity contribution in [3.8, 4) is 0 Å². The topological polar surface area (TPSA) is 38.4 Å². The molecule has 23 heavy (non-hydrogen) atoms. The molecule has 0 heterocycles. The van der Waals surface area contributed by atoms with Gasteiger partial charge in [0.05, 0.1) is 25.4 Å². The standard InChI is InChI=1S/C20H37O3/c1-2-19(16-22-14-8-4-3-7-13-21)23-20-12-11-17-9-5-6-10-18(17)15-20/h17-20H,2-16H2,1H3. The molecule has 3 heteroatoms. The highest BCUT2D eigenvalue weighted by Crippen LogP contribution is 2.41. The van der Waals surface area contributed by atoms with Gasteiger partial charge in [0, 0.05) is 6.61 Å². The van der Waals surface area contributed by atoms with Crippen molar-refractivity contribution < 1.29 is 14.6 Å². The summed E-state index contributed by atoms with van der Waals surface area (Å²) in [5.41, 5.74) is 0. The van der Waals surface area contributed by atoms with Gasteiger partial charge in [-0.2, -0.15) is 0 Å². The minimum absolute atomic E-state index is 0.0653. The first kappa shape index (κ1) is 19.2. The van der Waals surface area contributed by atoms with Crippen molar-refractivity contribution in [2.45, 2.75) is 96.2 Å². The van der Waals surface area contributed by atoms with Gasteiger partial charge < -0.3 is 9.47 Å². The van der Waals surface area contributed by atoms with Crippen LogP contribution in [-0.2, 0) is 14.6 Å². The van der Waals surface area contributed by atoms with Crippen molar-refractivity contribution in [1.82, 2.24) is 0 Å². The van der Waals surface area contributed by atoms with E-state index in [0.29, 0.717) is 6.10 Å². The fourth-order valence-corrected chi connectivity index (χ4v) is 4.35. The smallest absolute Gasteiger partial charge is 0.0822 e. The zero-order valence-electron chi connectivity index (χ0n) is 15.1. The van der Waals surface area contributed by atoms with Crippen molar-refractivity contribution in [2.75, 3.05) is 19.8 Å². The van der Waals surface area contributed by atoms with Crippen molar-refractivity contribution in [1.29, 1.82) is 0 Å². The summed E-state index contributed by atoms with van der Waals surface area (Å²) in [6.45, 7) is 3.82. The Bertz CT molecular complexity index is 295. The molecule has 2 fully saturated rings. The van der Waals surface area contributed by atoms with Crippen molar-refractivity contribution in [2.24, 2.45) is 11.8 Å². The number of fused-ring (bicyclic) bond motifs is 1. The first-order valence-electron chi connectivity index (χ1n) is 10.1. The number of hydrogen-bond acceptors (Lipinski definition) is 2. The molecule has 4 atom stereocenters. The molecule has 4 unspecified atom stereocenters. The van der Waals surface area contributed by atoms with Gasteiger partial charge in [-0.15, -0.1) is 0 Å². The molecule has 0 saturated heterocycles. The maximum absolute atomic E-state index is 10.4. The summed E-state index contributed by atoms with van der Waals surface area (Å²) >= 11 is 0. The van der Waals surface area contributed by atoms with Gasteiger partial charge in [-0.25, -0.2) is 5.11 Å². The minimum atomic E-state index is 0.0653. The van der Waals surface area contributed by atoms with Crippen LogP contribution in [0.3, 0.4) is 0 Å².